The van der Waals surface area contributed by atoms with Crippen molar-refractivity contribution in [2.75, 3.05) is 19.6 Å². The van der Waals surface area contributed by atoms with Crippen molar-refractivity contribution in [3.05, 3.63) is 42.5 Å². The van der Waals surface area contributed by atoms with Crippen molar-refractivity contribution < 1.29 is 0 Å². The molecule has 2 aliphatic rings. The SMILES string of the molecule is CCNC(=NCc1nncn1-c1ccccc1)N1CC2CCCCC2C1.I. The molecule has 2 heterocycles. The summed E-state index contributed by atoms with van der Waals surface area (Å²) in [5.41, 5.74) is 1.07. The highest BCUT2D eigenvalue weighted by atomic mass is 127. The average Bonchev–Trinajstić information content (AvgIpc) is 3.32. The fraction of sp³-hybridized carbons (Fsp3) is 0.550. The zero-order valence-corrected chi connectivity index (χ0v) is 18.3. The predicted molar refractivity (Wildman–Crippen MR) is 119 cm³/mol. The predicted octanol–water partition coefficient (Wildman–Crippen LogP) is 3.47. The second-order valence-electron chi connectivity index (χ2n) is 7.33. The molecule has 0 amide bonds. The number of nitrogens with zero attached hydrogens (tertiary/aromatic N) is 5. The highest BCUT2D eigenvalue weighted by Gasteiger charge is 2.35. The highest BCUT2D eigenvalue weighted by molar-refractivity contribution is 14.0. The van der Waals surface area contributed by atoms with Gasteiger partial charge in [0, 0.05) is 25.3 Å². The number of aromatic nitrogens is 3. The maximum atomic E-state index is 4.89. The molecule has 7 heteroatoms. The van der Waals surface area contributed by atoms with Gasteiger partial charge in [0.15, 0.2) is 11.8 Å². The van der Waals surface area contributed by atoms with Crippen LogP contribution in [-0.2, 0) is 6.54 Å². The molecule has 1 aliphatic carbocycles. The molecule has 1 saturated heterocycles. The van der Waals surface area contributed by atoms with Gasteiger partial charge in [0.1, 0.15) is 12.9 Å². The number of aliphatic imine (C=N–C) groups is 1. The highest BCUT2D eigenvalue weighted by Crippen LogP contribution is 2.35. The molecule has 2 unspecified atom stereocenters. The van der Waals surface area contributed by atoms with E-state index in [0.29, 0.717) is 6.54 Å². The van der Waals surface area contributed by atoms with Gasteiger partial charge in [-0.1, -0.05) is 31.0 Å². The number of likely N-dealkylation sites (tertiary alicyclic amines) is 1. The molecule has 1 N–H and O–H groups in total. The van der Waals surface area contributed by atoms with Crippen LogP contribution in [0.3, 0.4) is 0 Å². The van der Waals surface area contributed by atoms with Crippen LogP contribution in [0.5, 0.6) is 0 Å². The van der Waals surface area contributed by atoms with Crippen LogP contribution in [-0.4, -0.2) is 45.3 Å². The van der Waals surface area contributed by atoms with E-state index in [-0.39, 0.29) is 24.0 Å². The van der Waals surface area contributed by atoms with Crippen LogP contribution in [0, 0.1) is 11.8 Å². The molecule has 1 aromatic carbocycles. The lowest BCUT2D eigenvalue weighted by Crippen LogP contribution is -2.40. The lowest BCUT2D eigenvalue weighted by molar-refractivity contribution is 0.299. The Morgan fingerprint density at radius 3 is 2.52 bits per heavy atom. The topological polar surface area (TPSA) is 58.3 Å². The largest absolute Gasteiger partial charge is 0.357 e. The Balaban J connectivity index is 0.00000210. The van der Waals surface area contributed by atoms with Crippen molar-refractivity contribution in [1.82, 2.24) is 25.0 Å². The monoisotopic (exact) mass is 480 g/mol. The van der Waals surface area contributed by atoms with Gasteiger partial charge in [-0.25, -0.2) is 4.99 Å². The number of hydrogen-bond donors (Lipinski definition) is 1. The van der Waals surface area contributed by atoms with E-state index in [4.69, 9.17) is 4.99 Å². The first-order valence-electron chi connectivity index (χ1n) is 9.82. The maximum absolute atomic E-state index is 4.89. The summed E-state index contributed by atoms with van der Waals surface area (Å²) >= 11 is 0. The molecule has 1 aliphatic heterocycles. The van der Waals surface area contributed by atoms with Crippen LogP contribution in [0.15, 0.2) is 41.7 Å². The molecule has 0 radical (unpaired) electrons. The minimum absolute atomic E-state index is 0. The summed E-state index contributed by atoms with van der Waals surface area (Å²) in [5, 5.41) is 11.8. The quantitative estimate of drug-likeness (QED) is 0.414. The Kier molecular flexibility index (Phi) is 7.09. The Morgan fingerprint density at radius 1 is 1.15 bits per heavy atom. The third-order valence-corrected chi connectivity index (χ3v) is 5.63. The summed E-state index contributed by atoms with van der Waals surface area (Å²) in [6.45, 7) is 5.83. The van der Waals surface area contributed by atoms with Gasteiger partial charge in [0.2, 0.25) is 0 Å². The molecule has 6 nitrogen and oxygen atoms in total. The summed E-state index contributed by atoms with van der Waals surface area (Å²) in [7, 11) is 0. The van der Waals surface area contributed by atoms with Crippen LogP contribution in [0.4, 0.5) is 0 Å². The number of nitrogens with one attached hydrogen (secondary N) is 1. The molecular formula is C20H29IN6. The Bertz CT molecular complexity index is 730. The van der Waals surface area contributed by atoms with E-state index >= 15 is 0 Å². The van der Waals surface area contributed by atoms with Crippen molar-refractivity contribution in [3.63, 3.8) is 0 Å². The Hall–Kier alpha value is -1.64. The van der Waals surface area contributed by atoms with Gasteiger partial charge in [-0.15, -0.1) is 34.2 Å². The third-order valence-electron chi connectivity index (χ3n) is 5.63. The Labute approximate surface area is 178 Å². The van der Waals surface area contributed by atoms with Crippen LogP contribution in [0.2, 0.25) is 0 Å². The van der Waals surface area contributed by atoms with E-state index in [0.717, 1.165) is 48.9 Å². The van der Waals surface area contributed by atoms with Gasteiger partial charge in [-0.2, -0.15) is 0 Å². The summed E-state index contributed by atoms with van der Waals surface area (Å²) in [5.74, 6) is 3.58. The molecule has 0 spiro atoms. The maximum Gasteiger partial charge on any atom is 0.194 e. The first-order valence-corrected chi connectivity index (χ1v) is 9.82. The van der Waals surface area contributed by atoms with E-state index in [1.54, 1.807) is 6.33 Å². The fourth-order valence-corrected chi connectivity index (χ4v) is 4.32. The second-order valence-corrected chi connectivity index (χ2v) is 7.33. The molecule has 1 saturated carbocycles. The number of halogens is 1. The van der Waals surface area contributed by atoms with Crippen LogP contribution in [0.25, 0.3) is 5.69 Å². The van der Waals surface area contributed by atoms with Gasteiger partial charge in [0.05, 0.1) is 0 Å². The van der Waals surface area contributed by atoms with E-state index in [1.807, 2.05) is 22.8 Å². The number of hydrogen-bond acceptors (Lipinski definition) is 3. The van der Waals surface area contributed by atoms with E-state index in [2.05, 4.69) is 39.5 Å². The van der Waals surface area contributed by atoms with Crippen molar-refractivity contribution >= 4 is 29.9 Å². The number of benzene rings is 1. The van der Waals surface area contributed by atoms with Gasteiger partial charge in [0.25, 0.3) is 0 Å². The molecule has 2 fully saturated rings. The van der Waals surface area contributed by atoms with Gasteiger partial charge in [-0.05, 0) is 43.7 Å². The Morgan fingerprint density at radius 2 is 1.85 bits per heavy atom. The van der Waals surface area contributed by atoms with Crippen LogP contribution < -0.4 is 5.32 Å². The summed E-state index contributed by atoms with van der Waals surface area (Å²) in [6.07, 6.45) is 7.30. The molecule has 146 valence electrons. The van der Waals surface area contributed by atoms with Crippen LogP contribution >= 0.6 is 24.0 Å². The fourth-order valence-electron chi connectivity index (χ4n) is 4.32. The van der Waals surface area contributed by atoms with Gasteiger partial charge >= 0.3 is 0 Å². The van der Waals surface area contributed by atoms with Crippen molar-refractivity contribution in [2.45, 2.75) is 39.2 Å². The number of guanidine groups is 1. The van der Waals surface area contributed by atoms with E-state index < -0.39 is 0 Å². The molecule has 2 atom stereocenters. The molecular weight excluding hydrogens is 451 g/mol. The summed E-state index contributed by atoms with van der Waals surface area (Å²) in [4.78, 5) is 7.34. The van der Waals surface area contributed by atoms with Crippen molar-refractivity contribution in [1.29, 1.82) is 0 Å². The normalized spacial score (nSPS) is 22.3. The molecule has 1 aromatic heterocycles. The smallest absolute Gasteiger partial charge is 0.194 e. The average molecular weight is 480 g/mol. The van der Waals surface area contributed by atoms with Crippen molar-refractivity contribution in [2.24, 2.45) is 16.8 Å². The number of rotatable bonds is 4. The lowest BCUT2D eigenvalue weighted by atomic mass is 9.82. The molecule has 27 heavy (non-hydrogen) atoms. The zero-order valence-electron chi connectivity index (χ0n) is 15.9. The summed E-state index contributed by atoms with van der Waals surface area (Å²) in [6, 6.07) is 10.2. The zero-order chi connectivity index (χ0) is 17.8. The van der Waals surface area contributed by atoms with Gasteiger partial charge in [-0.3, -0.25) is 4.57 Å². The lowest BCUT2D eigenvalue weighted by Gasteiger charge is -2.22. The molecule has 2 aromatic rings. The molecule has 0 bridgehead atoms. The molecule has 4 rings (SSSR count). The van der Waals surface area contributed by atoms with Crippen molar-refractivity contribution in [3.8, 4) is 5.69 Å². The first kappa shape index (κ1) is 20.1. The number of fused-ring (bicyclic) bond motifs is 1. The standard InChI is InChI=1S/C20H28N6.HI/c1-2-21-20(25-13-16-8-6-7-9-17(16)14-25)22-12-19-24-23-15-26(19)18-10-4-3-5-11-18;/h3-5,10-11,15-17H,2,6-9,12-14H2,1H3,(H,21,22);1H. The van der Waals surface area contributed by atoms with E-state index in [9.17, 15) is 0 Å². The first-order chi connectivity index (χ1) is 12.8. The van der Waals surface area contributed by atoms with E-state index in [1.165, 1.54) is 25.7 Å². The minimum atomic E-state index is 0. The number of para-hydroxylation sites is 1. The third kappa shape index (κ3) is 4.62. The summed E-state index contributed by atoms with van der Waals surface area (Å²) < 4.78 is 2.01. The second kappa shape index (κ2) is 9.52. The van der Waals surface area contributed by atoms with Crippen LogP contribution in [0.1, 0.15) is 38.4 Å². The minimum Gasteiger partial charge on any atom is -0.357 e. The van der Waals surface area contributed by atoms with Gasteiger partial charge < -0.3 is 10.2 Å².